The number of anilines is 1. The first-order valence-electron chi connectivity index (χ1n) is 9.91. The van der Waals surface area contributed by atoms with Gasteiger partial charge in [-0.15, -0.1) is 11.3 Å². The van der Waals surface area contributed by atoms with E-state index in [1.54, 1.807) is 21.0 Å². The third kappa shape index (κ3) is 3.96. The zero-order valence-electron chi connectivity index (χ0n) is 17.8. The summed E-state index contributed by atoms with van der Waals surface area (Å²) in [4.78, 5) is 31.7. The van der Waals surface area contributed by atoms with Crippen molar-refractivity contribution in [3.8, 4) is 16.9 Å². The van der Waals surface area contributed by atoms with E-state index in [1.165, 1.54) is 15.9 Å². The second-order valence-corrected chi connectivity index (χ2v) is 8.28. The molecule has 2 aromatic carbocycles. The van der Waals surface area contributed by atoms with Gasteiger partial charge in [0.1, 0.15) is 22.4 Å². The fourth-order valence-electron chi connectivity index (χ4n) is 3.54. The Labute approximate surface area is 184 Å². The summed E-state index contributed by atoms with van der Waals surface area (Å²) in [5.41, 5.74) is 3.28. The molecule has 1 unspecified atom stereocenters. The lowest BCUT2D eigenvalue weighted by atomic mass is 10.1. The highest BCUT2D eigenvalue weighted by atomic mass is 32.1. The van der Waals surface area contributed by atoms with Crippen molar-refractivity contribution in [3.05, 3.63) is 75.7 Å². The van der Waals surface area contributed by atoms with Crippen LogP contribution in [0.4, 0.5) is 5.69 Å². The number of aromatic nitrogens is 2. The summed E-state index contributed by atoms with van der Waals surface area (Å²) in [6.45, 7) is 5.45. The van der Waals surface area contributed by atoms with Crippen molar-refractivity contribution in [1.82, 2.24) is 9.55 Å². The number of rotatable bonds is 5. The number of carbonyl (C=O) groups is 1. The van der Waals surface area contributed by atoms with Crippen molar-refractivity contribution < 1.29 is 9.53 Å². The first kappa shape index (κ1) is 20.8. The first-order valence-corrected chi connectivity index (χ1v) is 10.8. The van der Waals surface area contributed by atoms with Crippen molar-refractivity contribution in [2.45, 2.75) is 26.8 Å². The molecular weight excluding hydrogens is 410 g/mol. The largest absolute Gasteiger partial charge is 0.497 e. The average Bonchev–Trinajstić information content (AvgIpc) is 3.19. The summed E-state index contributed by atoms with van der Waals surface area (Å²) in [5, 5.41) is 5.34. The van der Waals surface area contributed by atoms with Crippen molar-refractivity contribution in [3.63, 3.8) is 0 Å². The lowest BCUT2D eigenvalue weighted by molar-refractivity contribution is -0.118. The van der Waals surface area contributed by atoms with Crippen LogP contribution in [0.3, 0.4) is 0 Å². The molecule has 1 atom stereocenters. The Morgan fingerprint density at radius 2 is 1.77 bits per heavy atom. The van der Waals surface area contributed by atoms with Gasteiger partial charge < -0.3 is 10.1 Å². The van der Waals surface area contributed by atoms with Crippen LogP contribution >= 0.6 is 11.3 Å². The number of methoxy groups -OCH3 is 1. The Morgan fingerprint density at radius 1 is 1.10 bits per heavy atom. The number of nitrogens with one attached hydrogen (secondary N) is 1. The number of fused-ring (bicyclic) bond motifs is 1. The lowest BCUT2D eigenvalue weighted by Crippen LogP contribution is -2.33. The van der Waals surface area contributed by atoms with Gasteiger partial charge in [0, 0.05) is 16.6 Å². The number of hydrogen-bond acceptors (Lipinski definition) is 5. The molecule has 31 heavy (non-hydrogen) atoms. The summed E-state index contributed by atoms with van der Waals surface area (Å²) in [5.74, 6) is 0.986. The highest BCUT2D eigenvalue weighted by Crippen LogP contribution is 2.32. The average molecular weight is 434 g/mol. The van der Waals surface area contributed by atoms with E-state index in [-0.39, 0.29) is 11.5 Å². The molecule has 4 rings (SSSR count). The number of nitrogens with zero attached hydrogens (tertiary/aromatic N) is 2. The second-order valence-electron chi connectivity index (χ2n) is 7.42. The van der Waals surface area contributed by atoms with Gasteiger partial charge in [-0.1, -0.05) is 29.8 Å². The molecule has 7 heteroatoms. The van der Waals surface area contributed by atoms with Crippen LogP contribution in [-0.2, 0) is 4.79 Å². The molecule has 2 heterocycles. The number of aryl methyl sites for hydroxylation is 2. The van der Waals surface area contributed by atoms with Crippen LogP contribution < -0.4 is 15.6 Å². The van der Waals surface area contributed by atoms with Crippen molar-refractivity contribution in [2.75, 3.05) is 12.4 Å². The third-order valence-corrected chi connectivity index (χ3v) is 6.18. The van der Waals surface area contributed by atoms with Gasteiger partial charge in [-0.05, 0) is 50.6 Å². The van der Waals surface area contributed by atoms with Gasteiger partial charge in [0.05, 0.1) is 12.5 Å². The molecule has 0 aliphatic heterocycles. The fraction of sp³-hybridized carbons (Fsp3) is 0.208. The first-order chi connectivity index (χ1) is 14.9. The van der Waals surface area contributed by atoms with Gasteiger partial charge >= 0.3 is 0 Å². The zero-order valence-corrected chi connectivity index (χ0v) is 18.6. The fourth-order valence-corrected chi connectivity index (χ4v) is 4.53. The molecule has 0 aliphatic carbocycles. The molecular formula is C24H23N3O3S. The van der Waals surface area contributed by atoms with Crippen molar-refractivity contribution in [2.24, 2.45) is 0 Å². The topological polar surface area (TPSA) is 73.2 Å². The summed E-state index contributed by atoms with van der Waals surface area (Å²) in [6.07, 6.45) is 0. The highest BCUT2D eigenvalue weighted by molar-refractivity contribution is 7.17. The van der Waals surface area contributed by atoms with Crippen LogP contribution in [-0.4, -0.2) is 22.6 Å². The Kier molecular flexibility index (Phi) is 5.61. The summed E-state index contributed by atoms with van der Waals surface area (Å²) >= 11 is 1.42. The molecule has 1 N–H and O–H groups in total. The normalized spacial score (nSPS) is 12.0. The highest BCUT2D eigenvalue weighted by Gasteiger charge is 2.22. The number of hydrogen-bond donors (Lipinski definition) is 1. The third-order valence-electron chi connectivity index (χ3n) is 5.30. The maximum atomic E-state index is 13.5. The Hall–Kier alpha value is -3.45. The van der Waals surface area contributed by atoms with Gasteiger partial charge in [-0.25, -0.2) is 4.98 Å². The van der Waals surface area contributed by atoms with Crippen LogP contribution in [0.5, 0.6) is 5.75 Å². The van der Waals surface area contributed by atoms with Gasteiger partial charge in [0.15, 0.2) is 0 Å². The minimum absolute atomic E-state index is 0.221. The van der Waals surface area contributed by atoms with E-state index in [9.17, 15) is 9.59 Å². The van der Waals surface area contributed by atoms with Gasteiger partial charge in [-0.3, -0.25) is 14.2 Å². The maximum Gasteiger partial charge on any atom is 0.263 e. The number of ether oxygens (including phenoxy) is 1. The minimum atomic E-state index is -0.714. The van der Waals surface area contributed by atoms with Crippen LogP contribution in [0.15, 0.2) is 58.7 Å². The molecule has 1 amide bonds. The zero-order chi connectivity index (χ0) is 22.1. The van der Waals surface area contributed by atoms with Crippen molar-refractivity contribution >= 4 is 33.1 Å². The molecule has 0 fully saturated rings. The molecule has 158 valence electrons. The van der Waals surface area contributed by atoms with E-state index in [0.717, 1.165) is 22.4 Å². The molecule has 0 aliphatic rings. The summed E-state index contributed by atoms with van der Waals surface area (Å²) in [6, 6.07) is 14.4. The van der Waals surface area contributed by atoms with E-state index in [0.29, 0.717) is 21.7 Å². The number of amides is 1. The number of thiophene rings is 1. The molecule has 0 radical (unpaired) electrons. The van der Waals surface area contributed by atoms with E-state index in [1.807, 2.05) is 60.8 Å². The van der Waals surface area contributed by atoms with Crippen LogP contribution in [0.2, 0.25) is 0 Å². The van der Waals surface area contributed by atoms with Crippen LogP contribution in [0.1, 0.15) is 24.4 Å². The molecule has 0 saturated heterocycles. The van der Waals surface area contributed by atoms with Gasteiger partial charge in [0.2, 0.25) is 5.91 Å². The van der Waals surface area contributed by atoms with Crippen molar-refractivity contribution in [1.29, 1.82) is 0 Å². The minimum Gasteiger partial charge on any atom is -0.497 e. The van der Waals surface area contributed by atoms with E-state index < -0.39 is 6.04 Å². The summed E-state index contributed by atoms with van der Waals surface area (Å²) in [7, 11) is 1.61. The Morgan fingerprint density at radius 3 is 2.42 bits per heavy atom. The standard InChI is InChI=1S/C24H23N3O3S/c1-14-5-9-18(10-6-14)26-22(28)15(2)27-16(3)25-23-21(24(27)29)20(13-31-23)17-7-11-19(30-4)12-8-17/h5-13,15H,1-4H3,(H,26,28). The van der Waals surface area contributed by atoms with Gasteiger partial charge in [0.25, 0.3) is 5.56 Å². The van der Waals surface area contributed by atoms with E-state index >= 15 is 0 Å². The lowest BCUT2D eigenvalue weighted by Gasteiger charge is -2.18. The van der Waals surface area contributed by atoms with Gasteiger partial charge in [-0.2, -0.15) is 0 Å². The maximum absolute atomic E-state index is 13.5. The predicted octanol–water partition coefficient (Wildman–Crippen LogP) is 4.95. The quantitative estimate of drug-likeness (QED) is 0.483. The van der Waals surface area contributed by atoms with Crippen LogP contribution in [0, 0.1) is 13.8 Å². The molecule has 6 nitrogen and oxygen atoms in total. The SMILES string of the molecule is COc1ccc(-c2csc3nc(C)n(C(C)C(=O)Nc4ccc(C)cc4)c(=O)c23)cc1. The van der Waals surface area contributed by atoms with Crippen LogP contribution in [0.25, 0.3) is 21.3 Å². The molecule has 0 bridgehead atoms. The summed E-state index contributed by atoms with van der Waals surface area (Å²) < 4.78 is 6.69. The molecule has 0 saturated carbocycles. The predicted molar refractivity (Wildman–Crippen MR) is 125 cm³/mol. The van der Waals surface area contributed by atoms with E-state index in [2.05, 4.69) is 10.3 Å². The Balaban J connectivity index is 1.74. The molecule has 2 aromatic heterocycles. The van der Waals surface area contributed by atoms with E-state index in [4.69, 9.17) is 4.74 Å². The monoisotopic (exact) mass is 433 g/mol. The smallest absolute Gasteiger partial charge is 0.263 e. The second kappa shape index (κ2) is 8.35. The molecule has 0 spiro atoms. The number of benzene rings is 2. The Bertz CT molecular complexity index is 1310. The molecule has 4 aromatic rings. The number of carbonyl (C=O) groups excluding carboxylic acids is 1.